The Hall–Kier alpha value is -7.63. The third kappa shape index (κ3) is 4.10. The molecular weight excluding hydrogens is 591 g/mol. The minimum absolute atomic E-state index is 0.324. The van der Waals surface area contributed by atoms with Crippen LogP contribution in [0.25, 0.3) is 66.1 Å². The van der Waals surface area contributed by atoms with Crippen LogP contribution in [0, 0.1) is 56.7 Å². The van der Waals surface area contributed by atoms with Gasteiger partial charge in [-0.15, -0.1) is 0 Å². The van der Waals surface area contributed by atoms with Crippen molar-refractivity contribution < 1.29 is 0 Å². The average Bonchev–Trinajstić information content (AvgIpc) is 3.65. The highest BCUT2D eigenvalue weighted by molar-refractivity contribution is 6.11. The van der Waals surface area contributed by atoms with E-state index < -0.39 is 0 Å². The fourth-order valence-corrected chi connectivity index (χ4v) is 6.78. The molecule has 7 heteroatoms. The maximum absolute atomic E-state index is 10.8. The predicted octanol–water partition coefficient (Wildman–Crippen LogP) is 8.91. The van der Waals surface area contributed by atoms with Crippen LogP contribution in [-0.2, 0) is 0 Å². The summed E-state index contributed by atoms with van der Waals surface area (Å²) in [6.07, 6.45) is 0. The molecule has 2 heterocycles. The van der Waals surface area contributed by atoms with Crippen molar-refractivity contribution in [2.24, 2.45) is 0 Å². The van der Waals surface area contributed by atoms with Crippen molar-refractivity contribution in [2.45, 2.75) is 0 Å². The first-order valence-corrected chi connectivity index (χ1v) is 15.0. The van der Waals surface area contributed by atoms with Crippen molar-refractivity contribution in [1.82, 2.24) is 9.13 Å². The molecular formula is C41H19N7. The molecule has 0 N–H and O–H groups in total. The van der Waals surface area contributed by atoms with Gasteiger partial charge in [-0.25, -0.2) is 0 Å². The lowest BCUT2D eigenvalue weighted by molar-refractivity contribution is 1.13. The van der Waals surface area contributed by atoms with E-state index in [-0.39, 0.29) is 0 Å². The Bertz CT molecular complexity index is 2870. The van der Waals surface area contributed by atoms with E-state index in [1.807, 2.05) is 94.1 Å². The summed E-state index contributed by atoms with van der Waals surface area (Å²) >= 11 is 0. The van der Waals surface area contributed by atoms with Crippen LogP contribution < -0.4 is 0 Å². The minimum Gasteiger partial charge on any atom is -0.309 e. The molecule has 0 atom stereocenters. The zero-order valence-corrected chi connectivity index (χ0v) is 25.1. The van der Waals surface area contributed by atoms with E-state index in [2.05, 4.69) is 30.3 Å². The molecule has 0 amide bonds. The number of aromatic nitrogens is 2. The number of benzene rings is 6. The maximum Gasteiger partial charge on any atom is 0.101 e. The fraction of sp³-hybridized carbons (Fsp3) is 0. The Morgan fingerprint density at radius 2 is 0.854 bits per heavy atom. The smallest absolute Gasteiger partial charge is 0.101 e. The van der Waals surface area contributed by atoms with Crippen molar-refractivity contribution in [3.8, 4) is 52.8 Å². The van der Waals surface area contributed by atoms with Crippen LogP contribution >= 0.6 is 0 Å². The molecule has 8 rings (SSSR count). The topological polar surface area (TPSA) is 129 Å². The van der Waals surface area contributed by atoms with Gasteiger partial charge in [0.15, 0.2) is 0 Å². The molecule has 8 aromatic rings. The fourth-order valence-electron chi connectivity index (χ4n) is 6.78. The third-order valence-electron chi connectivity index (χ3n) is 8.82. The first kappa shape index (κ1) is 27.9. The molecule has 0 fully saturated rings. The van der Waals surface area contributed by atoms with Gasteiger partial charge < -0.3 is 9.13 Å². The molecule has 0 aliphatic rings. The lowest BCUT2D eigenvalue weighted by Gasteiger charge is -2.19. The molecule has 0 spiro atoms. The van der Waals surface area contributed by atoms with E-state index in [0.717, 1.165) is 43.6 Å². The number of nitrogens with zero attached hydrogens (tertiary/aromatic N) is 7. The molecule has 0 aliphatic heterocycles. The molecule has 0 saturated carbocycles. The summed E-state index contributed by atoms with van der Waals surface area (Å²) in [7, 11) is 0. The Morgan fingerprint density at radius 3 is 1.35 bits per heavy atom. The molecule has 0 aliphatic carbocycles. The van der Waals surface area contributed by atoms with Crippen LogP contribution in [0.3, 0.4) is 0 Å². The molecule has 7 nitrogen and oxygen atoms in total. The normalized spacial score (nSPS) is 10.8. The monoisotopic (exact) mass is 609 g/mol. The second-order valence-corrected chi connectivity index (χ2v) is 11.4. The van der Waals surface area contributed by atoms with Gasteiger partial charge in [0.1, 0.15) is 6.07 Å². The van der Waals surface area contributed by atoms with Gasteiger partial charge in [-0.1, -0.05) is 48.5 Å². The molecule has 6 aromatic carbocycles. The molecule has 0 radical (unpaired) electrons. The summed E-state index contributed by atoms with van der Waals surface area (Å²) < 4.78 is 4.03. The maximum atomic E-state index is 10.8. The van der Waals surface area contributed by atoms with Crippen LogP contribution in [0.4, 0.5) is 0 Å². The average molecular weight is 610 g/mol. The number of hydrogen-bond acceptors (Lipinski definition) is 5. The first-order valence-electron chi connectivity index (χ1n) is 15.0. The first-order chi connectivity index (χ1) is 23.6. The van der Waals surface area contributed by atoms with E-state index >= 15 is 0 Å². The van der Waals surface area contributed by atoms with Crippen molar-refractivity contribution in [1.29, 1.82) is 26.3 Å². The van der Waals surface area contributed by atoms with Crippen LogP contribution in [0.15, 0.2) is 115 Å². The number of fused-ring (bicyclic) bond motifs is 6. The van der Waals surface area contributed by atoms with E-state index in [9.17, 15) is 26.3 Å². The second-order valence-electron chi connectivity index (χ2n) is 11.4. The highest BCUT2D eigenvalue weighted by atomic mass is 15.0. The van der Waals surface area contributed by atoms with Crippen LogP contribution in [0.5, 0.6) is 0 Å². The van der Waals surface area contributed by atoms with E-state index in [1.165, 1.54) is 0 Å². The summed E-state index contributed by atoms with van der Waals surface area (Å²) in [5.74, 6) is 0. The molecule has 0 saturated heterocycles. The molecule has 218 valence electrons. The van der Waals surface area contributed by atoms with Crippen molar-refractivity contribution in [3.63, 3.8) is 0 Å². The molecule has 0 unspecified atom stereocenters. The van der Waals surface area contributed by atoms with Gasteiger partial charge in [0, 0.05) is 27.1 Å². The van der Waals surface area contributed by atoms with Gasteiger partial charge in [-0.05, 0) is 72.3 Å². The zero-order chi connectivity index (χ0) is 32.9. The highest BCUT2D eigenvalue weighted by Gasteiger charge is 2.22. The van der Waals surface area contributed by atoms with Crippen molar-refractivity contribution >= 4 is 43.6 Å². The number of para-hydroxylation sites is 2. The van der Waals surface area contributed by atoms with Gasteiger partial charge in [0.2, 0.25) is 0 Å². The van der Waals surface area contributed by atoms with Crippen molar-refractivity contribution in [2.75, 3.05) is 0 Å². The van der Waals surface area contributed by atoms with Crippen LogP contribution in [-0.4, -0.2) is 9.13 Å². The van der Waals surface area contributed by atoms with Gasteiger partial charge in [-0.2, -0.15) is 26.3 Å². The summed E-state index contributed by atoms with van der Waals surface area (Å²) in [4.78, 5) is 0. The third-order valence-corrected chi connectivity index (χ3v) is 8.82. The number of rotatable bonds is 3. The van der Waals surface area contributed by atoms with Crippen LogP contribution in [0.2, 0.25) is 0 Å². The van der Waals surface area contributed by atoms with Crippen molar-refractivity contribution in [3.05, 3.63) is 143 Å². The molecule has 0 bridgehead atoms. The summed E-state index contributed by atoms with van der Waals surface area (Å²) in [5, 5.41) is 54.1. The Kier molecular flexibility index (Phi) is 6.26. The number of hydrogen-bond donors (Lipinski definition) is 0. The van der Waals surface area contributed by atoms with Gasteiger partial charge in [-0.3, -0.25) is 0 Å². The van der Waals surface area contributed by atoms with Gasteiger partial charge in [0.25, 0.3) is 0 Å². The quantitative estimate of drug-likeness (QED) is 0.197. The Balaban J connectivity index is 1.57. The van der Waals surface area contributed by atoms with E-state index in [4.69, 9.17) is 0 Å². The lowest BCUT2D eigenvalue weighted by atomic mass is 9.96. The Labute approximate surface area is 274 Å². The van der Waals surface area contributed by atoms with E-state index in [0.29, 0.717) is 50.3 Å². The highest BCUT2D eigenvalue weighted by Crippen LogP contribution is 2.41. The molecule has 48 heavy (non-hydrogen) atoms. The predicted molar refractivity (Wildman–Crippen MR) is 184 cm³/mol. The van der Waals surface area contributed by atoms with Gasteiger partial charge in [0.05, 0.1) is 85.5 Å². The van der Waals surface area contributed by atoms with E-state index in [1.54, 1.807) is 30.3 Å². The largest absolute Gasteiger partial charge is 0.309 e. The molecule has 2 aromatic heterocycles. The minimum atomic E-state index is 0.324. The van der Waals surface area contributed by atoms with Crippen LogP contribution in [0.1, 0.15) is 27.8 Å². The standard InChI is InChI=1S/C41H19N7/c42-20-25-9-11-33-31-5-1-3-7-36(31)47(39(33)16-25)38-19-35(29-14-27(22-44)13-28(15-29)23-45)41(18-30(38)24-46)48-37-8-4-2-6-32(37)34-12-10-26(21-43)17-40(34)48/h1-19H. The lowest BCUT2D eigenvalue weighted by Crippen LogP contribution is -2.04. The summed E-state index contributed by atoms with van der Waals surface area (Å²) in [5.41, 5.74) is 7.79. The Morgan fingerprint density at radius 1 is 0.375 bits per heavy atom. The second kappa shape index (κ2) is 10.8. The van der Waals surface area contributed by atoms with Gasteiger partial charge >= 0.3 is 0 Å². The zero-order valence-electron chi connectivity index (χ0n) is 25.1. The number of nitriles is 5. The SMILES string of the molecule is N#Cc1cc(C#N)cc(-c2cc(-n3c4ccccc4c4ccc(C#N)cc43)c(C#N)cc2-n2c3ccccc3c3ccc(C#N)cc32)c1. The summed E-state index contributed by atoms with van der Waals surface area (Å²) in [6, 6.07) is 47.0. The summed E-state index contributed by atoms with van der Waals surface area (Å²) in [6.45, 7) is 0.